The molecule has 6 heteroatoms. The van der Waals surface area contributed by atoms with Gasteiger partial charge in [-0.2, -0.15) is 0 Å². The fourth-order valence-electron chi connectivity index (χ4n) is 3.60. The van der Waals surface area contributed by atoms with E-state index < -0.39 is 0 Å². The number of rotatable bonds is 7. The van der Waals surface area contributed by atoms with E-state index in [4.69, 9.17) is 14.2 Å². The average molecular weight is 382 g/mol. The van der Waals surface area contributed by atoms with Crippen LogP contribution in [0.15, 0.2) is 36.5 Å². The van der Waals surface area contributed by atoms with Gasteiger partial charge in [0.2, 0.25) is 5.88 Å². The molecule has 0 unspecified atom stereocenters. The third-order valence-corrected chi connectivity index (χ3v) is 5.15. The highest BCUT2D eigenvalue weighted by Crippen LogP contribution is 2.25. The first-order valence-corrected chi connectivity index (χ1v) is 9.97. The van der Waals surface area contributed by atoms with Crippen LogP contribution in [0.3, 0.4) is 0 Å². The van der Waals surface area contributed by atoms with Gasteiger partial charge in [-0.3, -0.25) is 4.79 Å². The summed E-state index contributed by atoms with van der Waals surface area (Å²) in [6.45, 7) is 1.74. The minimum Gasteiger partial charge on any atom is -0.484 e. The summed E-state index contributed by atoms with van der Waals surface area (Å²) < 4.78 is 16.8. The van der Waals surface area contributed by atoms with Gasteiger partial charge in [0.1, 0.15) is 11.9 Å². The Balaban J connectivity index is 1.24. The lowest BCUT2D eigenvalue weighted by Gasteiger charge is -2.16. The van der Waals surface area contributed by atoms with E-state index in [1.165, 1.54) is 24.0 Å². The first kappa shape index (κ1) is 18.7. The number of nitrogens with one attached hydrogen (secondary N) is 1. The maximum atomic E-state index is 12.1. The summed E-state index contributed by atoms with van der Waals surface area (Å²) in [5.41, 5.74) is 3.69. The molecular formula is C22H26N2O4. The van der Waals surface area contributed by atoms with Crippen LogP contribution in [0.1, 0.15) is 36.0 Å². The molecule has 2 aliphatic rings. The molecule has 2 heterocycles. The zero-order valence-corrected chi connectivity index (χ0v) is 16.0. The van der Waals surface area contributed by atoms with Gasteiger partial charge in [-0.15, -0.1) is 0 Å². The molecule has 0 spiro atoms. The number of carbonyl (C=O) groups is 1. The van der Waals surface area contributed by atoms with E-state index in [0.29, 0.717) is 19.0 Å². The quantitative estimate of drug-likeness (QED) is 0.797. The predicted molar refractivity (Wildman–Crippen MR) is 105 cm³/mol. The summed E-state index contributed by atoms with van der Waals surface area (Å²) in [6, 6.07) is 9.86. The lowest BCUT2D eigenvalue weighted by Crippen LogP contribution is -2.28. The van der Waals surface area contributed by atoms with Gasteiger partial charge in [0, 0.05) is 25.2 Å². The van der Waals surface area contributed by atoms with E-state index in [2.05, 4.69) is 22.4 Å². The van der Waals surface area contributed by atoms with Crippen molar-refractivity contribution in [2.75, 3.05) is 19.8 Å². The Morgan fingerprint density at radius 3 is 2.93 bits per heavy atom. The molecule has 1 aromatic heterocycles. The monoisotopic (exact) mass is 382 g/mol. The van der Waals surface area contributed by atoms with Crippen LogP contribution in [0.4, 0.5) is 0 Å². The van der Waals surface area contributed by atoms with Crippen LogP contribution in [0.25, 0.3) is 0 Å². The van der Waals surface area contributed by atoms with Gasteiger partial charge in [-0.05, 0) is 60.6 Å². The standard InChI is InChI=1S/C22H26N2O4/c25-21(15-27-19-6-5-17-3-1-2-4-18(17)12-19)24-13-16-7-9-23-22(11-16)28-20-8-10-26-14-20/h5-7,9,11-12,20H,1-4,8,10,13-15H2,(H,24,25)/t20-/m0/s1. The van der Waals surface area contributed by atoms with Crippen LogP contribution < -0.4 is 14.8 Å². The number of amides is 1. The molecule has 148 valence electrons. The highest BCUT2D eigenvalue weighted by molar-refractivity contribution is 5.77. The molecule has 1 saturated heterocycles. The summed E-state index contributed by atoms with van der Waals surface area (Å²) >= 11 is 0. The lowest BCUT2D eigenvalue weighted by atomic mass is 9.92. The van der Waals surface area contributed by atoms with Gasteiger partial charge in [-0.25, -0.2) is 4.98 Å². The van der Waals surface area contributed by atoms with Gasteiger partial charge >= 0.3 is 0 Å². The Morgan fingerprint density at radius 1 is 1.18 bits per heavy atom. The molecule has 1 amide bonds. The fraction of sp³-hybridized carbons (Fsp3) is 0.455. The number of ether oxygens (including phenoxy) is 3. The second-order valence-electron chi connectivity index (χ2n) is 7.31. The normalized spacial score (nSPS) is 18.4. The number of aryl methyl sites for hydroxylation is 2. The van der Waals surface area contributed by atoms with E-state index >= 15 is 0 Å². The van der Waals surface area contributed by atoms with E-state index in [9.17, 15) is 4.79 Å². The highest BCUT2D eigenvalue weighted by Gasteiger charge is 2.17. The molecule has 1 atom stereocenters. The molecule has 0 saturated carbocycles. The van der Waals surface area contributed by atoms with E-state index in [-0.39, 0.29) is 18.6 Å². The van der Waals surface area contributed by atoms with Crippen molar-refractivity contribution in [2.24, 2.45) is 0 Å². The predicted octanol–water partition coefficient (Wildman–Crippen LogP) is 2.82. The number of benzene rings is 1. The van der Waals surface area contributed by atoms with Crippen molar-refractivity contribution in [3.63, 3.8) is 0 Å². The number of pyridine rings is 1. The Morgan fingerprint density at radius 2 is 2.07 bits per heavy atom. The Kier molecular flexibility index (Phi) is 6.07. The summed E-state index contributed by atoms with van der Waals surface area (Å²) in [5.74, 6) is 1.17. The molecule has 1 fully saturated rings. The van der Waals surface area contributed by atoms with Gasteiger partial charge < -0.3 is 19.5 Å². The molecule has 6 nitrogen and oxygen atoms in total. The van der Waals surface area contributed by atoms with Gasteiger partial charge in [0.05, 0.1) is 13.2 Å². The summed E-state index contributed by atoms with van der Waals surface area (Å²) in [4.78, 5) is 16.4. The number of aromatic nitrogens is 1. The molecule has 1 aliphatic heterocycles. The molecule has 4 rings (SSSR count). The SMILES string of the molecule is O=C(COc1ccc2c(c1)CCCC2)NCc1ccnc(O[C@H]2CCOC2)c1. The summed E-state index contributed by atoms with van der Waals surface area (Å²) in [7, 11) is 0. The third-order valence-electron chi connectivity index (χ3n) is 5.15. The van der Waals surface area contributed by atoms with Crippen LogP contribution in [-0.4, -0.2) is 36.8 Å². The molecular weight excluding hydrogens is 356 g/mol. The van der Waals surface area contributed by atoms with Gasteiger partial charge in [-0.1, -0.05) is 6.07 Å². The van der Waals surface area contributed by atoms with Crippen molar-refractivity contribution in [3.8, 4) is 11.6 Å². The number of hydrogen-bond acceptors (Lipinski definition) is 5. The number of hydrogen-bond donors (Lipinski definition) is 1. The molecule has 28 heavy (non-hydrogen) atoms. The third kappa shape index (κ3) is 5.01. The van der Waals surface area contributed by atoms with Crippen LogP contribution in [-0.2, 0) is 28.9 Å². The molecule has 0 radical (unpaired) electrons. The van der Waals surface area contributed by atoms with E-state index in [0.717, 1.165) is 37.2 Å². The Hall–Kier alpha value is -2.60. The van der Waals surface area contributed by atoms with Gasteiger partial charge in [0.15, 0.2) is 6.61 Å². The zero-order chi connectivity index (χ0) is 19.2. The van der Waals surface area contributed by atoms with Crippen LogP contribution in [0, 0.1) is 0 Å². The smallest absolute Gasteiger partial charge is 0.258 e. The topological polar surface area (TPSA) is 69.7 Å². The largest absolute Gasteiger partial charge is 0.484 e. The van der Waals surface area contributed by atoms with E-state index in [1.807, 2.05) is 18.2 Å². The fourth-order valence-corrected chi connectivity index (χ4v) is 3.60. The molecule has 1 N–H and O–H groups in total. The maximum absolute atomic E-state index is 12.1. The lowest BCUT2D eigenvalue weighted by molar-refractivity contribution is -0.123. The number of carbonyl (C=O) groups excluding carboxylic acids is 1. The minimum atomic E-state index is -0.152. The molecule has 2 aromatic rings. The first-order valence-electron chi connectivity index (χ1n) is 9.97. The van der Waals surface area contributed by atoms with Crippen molar-refractivity contribution in [1.82, 2.24) is 10.3 Å². The van der Waals surface area contributed by atoms with Crippen LogP contribution in [0.2, 0.25) is 0 Å². The maximum Gasteiger partial charge on any atom is 0.258 e. The van der Waals surface area contributed by atoms with E-state index in [1.54, 1.807) is 6.20 Å². The Labute approximate surface area is 165 Å². The highest BCUT2D eigenvalue weighted by atomic mass is 16.5. The van der Waals surface area contributed by atoms with Crippen molar-refractivity contribution < 1.29 is 19.0 Å². The Bertz CT molecular complexity index is 818. The minimum absolute atomic E-state index is 0.00659. The van der Waals surface area contributed by atoms with Crippen molar-refractivity contribution in [2.45, 2.75) is 44.8 Å². The molecule has 0 bridgehead atoms. The van der Waals surface area contributed by atoms with Crippen molar-refractivity contribution >= 4 is 5.91 Å². The number of fused-ring (bicyclic) bond motifs is 1. The van der Waals surface area contributed by atoms with Gasteiger partial charge in [0.25, 0.3) is 5.91 Å². The van der Waals surface area contributed by atoms with Crippen LogP contribution in [0.5, 0.6) is 11.6 Å². The summed E-state index contributed by atoms with van der Waals surface area (Å²) in [5, 5.41) is 2.88. The zero-order valence-electron chi connectivity index (χ0n) is 16.0. The summed E-state index contributed by atoms with van der Waals surface area (Å²) in [6.07, 6.45) is 7.34. The number of nitrogens with zero attached hydrogens (tertiary/aromatic N) is 1. The van der Waals surface area contributed by atoms with Crippen LogP contribution >= 0.6 is 0 Å². The molecule has 1 aromatic carbocycles. The van der Waals surface area contributed by atoms with Crippen molar-refractivity contribution in [1.29, 1.82) is 0 Å². The first-order chi connectivity index (χ1) is 13.8. The second kappa shape index (κ2) is 9.06. The molecule has 1 aliphatic carbocycles. The average Bonchev–Trinajstić information content (AvgIpc) is 3.24. The van der Waals surface area contributed by atoms with Crippen molar-refractivity contribution in [3.05, 3.63) is 53.2 Å². The second-order valence-corrected chi connectivity index (χ2v) is 7.31.